The molecule has 1 N–H and O–H groups in total. The van der Waals surface area contributed by atoms with Gasteiger partial charge in [0.2, 0.25) is 0 Å². The Hall–Kier alpha value is -1.28. The number of hydrogen-bond acceptors (Lipinski definition) is 2. The van der Waals surface area contributed by atoms with Crippen LogP contribution < -0.4 is 10.1 Å². The molecule has 2 atom stereocenters. The first-order valence-electron chi connectivity index (χ1n) is 6.14. The predicted molar refractivity (Wildman–Crippen MR) is 73.6 cm³/mol. The monoisotopic (exact) mass is 233 g/mol. The molecule has 2 heteroatoms. The molecular weight excluding hydrogens is 210 g/mol. The van der Waals surface area contributed by atoms with Crippen molar-refractivity contribution in [2.75, 3.05) is 20.7 Å². The average Bonchev–Trinajstić information content (AvgIpc) is 2.36. The summed E-state index contributed by atoms with van der Waals surface area (Å²) in [6, 6.07) is 8.34. The molecule has 0 aliphatic rings. The van der Waals surface area contributed by atoms with Crippen molar-refractivity contribution >= 4 is 0 Å². The first-order valence-corrected chi connectivity index (χ1v) is 6.14. The summed E-state index contributed by atoms with van der Waals surface area (Å²) in [5, 5.41) is 3.27. The number of hydrogen-bond donors (Lipinski definition) is 1. The van der Waals surface area contributed by atoms with Crippen molar-refractivity contribution in [3.05, 3.63) is 42.0 Å². The van der Waals surface area contributed by atoms with Gasteiger partial charge in [0.1, 0.15) is 5.75 Å². The second-order valence-corrected chi connectivity index (χ2v) is 4.33. The van der Waals surface area contributed by atoms with Crippen molar-refractivity contribution in [2.24, 2.45) is 5.92 Å². The summed E-state index contributed by atoms with van der Waals surface area (Å²) in [7, 11) is 3.71. The van der Waals surface area contributed by atoms with Gasteiger partial charge in [0.05, 0.1) is 7.11 Å². The number of nitrogens with one attached hydrogen (secondary N) is 1. The van der Waals surface area contributed by atoms with E-state index in [0.717, 1.165) is 12.3 Å². The van der Waals surface area contributed by atoms with E-state index in [1.165, 1.54) is 5.56 Å². The summed E-state index contributed by atoms with van der Waals surface area (Å²) in [5.41, 5.74) is 1.32. The van der Waals surface area contributed by atoms with Gasteiger partial charge in [-0.3, -0.25) is 0 Å². The van der Waals surface area contributed by atoms with Gasteiger partial charge in [-0.2, -0.15) is 0 Å². The smallest absolute Gasteiger partial charge is 0.119 e. The van der Waals surface area contributed by atoms with Gasteiger partial charge in [0.25, 0.3) is 0 Å². The molecule has 0 aliphatic heterocycles. The fourth-order valence-corrected chi connectivity index (χ4v) is 2.14. The minimum atomic E-state index is 0.478. The molecule has 0 aromatic heterocycles. The van der Waals surface area contributed by atoms with Gasteiger partial charge in [-0.05, 0) is 37.6 Å². The van der Waals surface area contributed by atoms with Gasteiger partial charge in [-0.1, -0.05) is 31.2 Å². The molecule has 17 heavy (non-hydrogen) atoms. The standard InChI is InChI=1S/C15H23NO/c1-5-7-12(2)15(11-16-3)13-8-6-9-14(10-13)17-4/h5-10,12,15-16H,11H2,1-4H3/b7-5+. The van der Waals surface area contributed by atoms with E-state index in [1.54, 1.807) is 7.11 Å². The van der Waals surface area contributed by atoms with Crippen LogP contribution in [0.3, 0.4) is 0 Å². The maximum Gasteiger partial charge on any atom is 0.119 e. The summed E-state index contributed by atoms with van der Waals surface area (Å²) in [6.07, 6.45) is 4.37. The van der Waals surface area contributed by atoms with Crippen molar-refractivity contribution < 1.29 is 4.74 Å². The molecule has 94 valence electrons. The second-order valence-electron chi connectivity index (χ2n) is 4.33. The SMILES string of the molecule is C/C=C/C(C)C(CNC)c1cccc(OC)c1. The zero-order chi connectivity index (χ0) is 12.7. The molecule has 0 heterocycles. The summed E-state index contributed by atoms with van der Waals surface area (Å²) < 4.78 is 5.28. The molecule has 0 spiro atoms. The summed E-state index contributed by atoms with van der Waals surface area (Å²) >= 11 is 0. The zero-order valence-electron chi connectivity index (χ0n) is 11.2. The van der Waals surface area contributed by atoms with Gasteiger partial charge in [-0.15, -0.1) is 0 Å². The molecular formula is C15H23NO. The van der Waals surface area contributed by atoms with E-state index in [1.807, 2.05) is 13.1 Å². The van der Waals surface area contributed by atoms with Gasteiger partial charge in [0, 0.05) is 12.5 Å². The van der Waals surface area contributed by atoms with Crippen LogP contribution in [0.15, 0.2) is 36.4 Å². The van der Waals surface area contributed by atoms with Gasteiger partial charge in [-0.25, -0.2) is 0 Å². The molecule has 0 aliphatic carbocycles. The number of rotatable bonds is 6. The molecule has 2 unspecified atom stereocenters. The third kappa shape index (κ3) is 3.90. The van der Waals surface area contributed by atoms with E-state index in [2.05, 4.69) is 49.5 Å². The molecule has 1 aromatic carbocycles. The minimum absolute atomic E-state index is 0.478. The second kappa shape index (κ2) is 7.13. The summed E-state index contributed by atoms with van der Waals surface area (Å²) in [6.45, 7) is 5.29. The van der Waals surface area contributed by atoms with Crippen molar-refractivity contribution in [1.29, 1.82) is 0 Å². The Balaban J connectivity index is 2.95. The highest BCUT2D eigenvalue weighted by Gasteiger charge is 2.16. The highest BCUT2D eigenvalue weighted by atomic mass is 16.5. The van der Waals surface area contributed by atoms with Crippen LogP contribution in [0, 0.1) is 5.92 Å². The number of allylic oxidation sites excluding steroid dienone is 2. The quantitative estimate of drug-likeness (QED) is 0.762. The van der Waals surface area contributed by atoms with E-state index in [-0.39, 0.29) is 0 Å². The highest BCUT2D eigenvalue weighted by molar-refractivity contribution is 5.32. The Labute approximate surface area is 105 Å². The molecule has 0 amide bonds. The van der Waals surface area contributed by atoms with Crippen molar-refractivity contribution in [3.8, 4) is 5.75 Å². The zero-order valence-corrected chi connectivity index (χ0v) is 11.2. The predicted octanol–water partition coefficient (Wildman–Crippen LogP) is 3.21. The van der Waals surface area contributed by atoms with Gasteiger partial charge < -0.3 is 10.1 Å². The van der Waals surface area contributed by atoms with Crippen molar-refractivity contribution in [1.82, 2.24) is 5.32 Å². The molecule has 1 aromatic rings. The maximum absolute atomic E-state index is 5.28. The van der Waals surface area contributed by atoms with Crippen LogP contribution in [-0.4, -0.2) is 20.7 Å². The van der Waals surface area contributed by atoms with Crippen LogP contribution in [0.1, 0.15) is 25.3 Å². The van der Waals surface area contributed by atoms with E-state index in [4.69, 9.17) is 4.74 Å². The fraction of sp³-hybridized carbons (Fsp3) is 0.467. The maximum atomic E-state index is 5.28. The Morgan fingerprint density at radius 1 is 1.41 bits per heavy atom. The largest absolute Gasteiger partial charge is 0.497 e. The third-order valence-electron chi connectivity index (χ3n) is 3.08. The average molecular weight is 233 g/mol. The Morgan fingerprint density at radius 2 is 2.18 bits per heavy atom. The Kier molecular flexibility index (Phi) is 5.78. The summed E-state index contributed by atoms with van der Waals surface area (Å²) in [5.74, 6) is 1.92. The number of likely N-dealkylation sites (N-methyl/N-ethyl adjacent to an activating group) is 1. The number of benzene rings is 1. The molecule has 0 saturated heterocycles. The molecule has 0 saturated carbocycles. The summed E-state index contributed by atoms with van der Waals surface area (Å²) in [4.78, 5) is 0. The number of methoxy groups -OCH3 is 1. The van der Waals surface area contributed by atoms with E-state index >= 15 is 0 Å². The minimum Gasteiger partial charge on any atom is -0.497 e. The van der Waals surface area contributed by atoms with Crippen LogP contribution in [0.5, 0.6) is 5.75 Å². The molecule has 0 bridgehead atoms. The van der Waals surface area contributed by atoms with Gasteiger partial charge >= 0.3 is 0 Å². The van der Waals surface area contributed by atoms with Crippen LogP contribution in [0.2, 0.25) is 0 Å². The molecule has 0 radical (unpaired) electrons. The Bertz CT molecular complexity index is 360. The fourth-order valence-electron chi connectivity index (χ4n) is 2.14. The van der Waals surface area contributed by atoms with E-state index in [0.29, 0.717) is 11.8 Å². The van der Waals surface area contributed by atoms with Crippen LogP contribution in [0.4, 0.5) is 0 Å². The van der Waals surface area contributed by atoms with E-state index < -0.39 is 0 Å². The van der Waals surface area contributed by atoms with Crippen LogP contribution in [-0.2, 0) is 0 Å². The van der Waals surface area contributed by atoms with E-state index in [9.17, 15) is 0 Å². The Morgan fingerprint density at radius 3 is 2.76 bits per heavy atom. The van der Waals surface area contributed by atoms with Crippen LogP contribution >= 0.6 is 0 Å². The third-order valence-corrected chi connectivity index (χ3v) is 3.08. The van der Waals surface area contributed by atoms with Gasteiger partial charge in [0.15, 0.2) is 0 Å². The number of ether oxygens (including phenoxy) is 1. The molecule has 1 rings (SSSR count). The topological polar surface area (TPSA) is 21.3 Å². The molecule has 2 nitrogen and oxygen atoms in total. The lowest BCUT2D eigenvalue weighted by Gasteiger charge is -2.22. The van der Waals surface area contributed by atoms with Crippen molar-refractivity contribution in [2.45, 2.75) is 19.8 Å². The lowest BCUT2D eigenvalue weighted by molar-refractivity contribution is 0.412. The van der Waals surface area contributed by atoms with Crippen molar-refractivity contribution in [3.63, 3.8) is 0 Å². The normalized spacial score (nSPS) is 14.8. The lowest BCUT2D eigenvalue weighted by atomic mass is 9.86. The van der Waals surface area contributed by atoms with Crippen LogP contribution in [0.25, 0.3) is 0 Å². The lowest BCUT2D eigenvalue weighted by Crippen LogP contribution is -2.21. The first kappa shape index (κ1) is 13.8. The first-order chi connectivity index (χ1) is 8.22. The molecule has 0 fully saturated rings. The highest BCUT2D eigenvalue weighted by Crippen LogP contribution is 2.27.